The SMILES string of the molecule is CC(C)CC(C)(CN)NC(=O)c1ccc2nccnc2c1. The summed E-state index contributed by atoms with van der Waals surface area (Å²) in [7, 11) is 0. The van der Waals surface area contributed by atoms with E-state index in [1.807, 2.05) is 6.92 Å². The minimum Gasteiger partial charge on any atom is -0.346 e. The molecular weight excluding hydrogens is 264 g/mol. The van der Waals surface area contributed by atoms with Gasteiger partial charge in [-0.3, -0.25) is 14.8 Å². The number of carbonyl (C=O) groups is 1. The first-order valence-electron chi connectivity index (χ1n) is 7.17. The molecule has 0 radical (unpaired) electrons. The highest BCUT2D eigenvalue weighted by atomic mass is 16.1. The Morgan fingerprint density at radius 1 is 1.29 bits per heavy atom. The molecule has 5 nitrogen and oxygen atoms in total. The molecule has 0 bridgehead atoms. The van der Waals surface area contributed by atoms with Gasteiger partial charge in [-0.2, -0.15) is 0 Å². The standard InChI is InChI=1S/C16H22N4O/c1-11(2)9-16(3,10-17)20-15(21)12-4-5-13-14(8-12)19-7-6-18-13/h4-8,11H,9-10,17H2,1-3H3,(H,20,21). The average Bonchev–Trinajstić information content (AvgIpc) is 2.45. The largest absolute Gasteiger partial charge is 0.346 e. The number of carbonyl (C=O) groups excluding carboxylic acids is 1. The minimum atomic E-state index is -0.400. The third-order valence-electron chi connectivity index (χ3n) is 3.46. The number of rotatable bonds is 5. The van der Waals surface area contributed by atoms with Crippen LogP contribution in [-0.2, 0) is 0 Å². The van der Waals surface area contributed by atoms with Gasteiger partial charge in [0.15, 0.2) is 0 Å². The van der Waals surface area contributed by atoms with Crippen molar-refractivity contribution in [1.82, 2.24) is 15.3 Å². The molecule has 112 valence electrons. The quantitative estimate of drug-likeness (QED) is 0.882. The van der Waals surface area contributed by atoms with E-state index in [1.165, 1.54) is 0 Å². The highest BCUT2D eigenvalue weighted by Crippen LogP contribution is 2.17. The summed E-state index contributed by atoms with van der Waals surface area (Å²) >= 11 is 0. The Kier molecular flexibility index (Phi) is 4.53. The van der Waals surface area contributed by atoms with E-state index in [0.29, 0.717) is 23.5 Å². The van der Waals surface area contributed by atoms with Crippen LogP contribution in [0.2, 0.25) is 0 Å². The van der Waals surface area contributed by atoms with Gasteiger partial charge < -0.3 is 11.1 Å². The summed E-state index contributed by atoms with van der Waals surface area (Å²) in [6, 6.07) is 5.32. The van der Waals surface area contributed by atoms with Crippen LogP contribution >= 0.6 is 0 Å². The third kappa shape index (κ3) is 3.76. The van der Waals surface area contributed by atoms with Crippen molar-refractivity contribution in [3.8, 4) is 0 Å². The van der Waals surface area contributed by atoms with E-state index in [2.05, 4.69) is 29.1 Å². The van der Waals surface area contributed by atoms with Crippen LogP contribution in [0.1, 0.15) is 37.6 Å². The zero-order valence-electron chi connectivity index (χ0n) is 12.8. The Hall–Kier alpha value is -2.01. The molecule has 1 aromatic carbocycles. The van der Waals surface area contributed by atoms with Crippen molar-refractivity contribution >= 4 is 16.9 Å². The van der Waals surface area contributed by atoms with Gasteiger partial charge >= 0.3 is 0 Å². The summed E-state index contributed by atoms with van der Waals surface area (Å²) in [6.45, 7) is 6.62. The Bertz CT molecular complexity index is 641. The summed E-state index contributed by atoms with van der Waals surface area (Å²) < 4.78 is 0. The normalized spacial score (nSPS) is 14.1. The van der Waals surface area contributed by atoms with E-state index in [-0.39, 0.29) is 5.91 Å². The number of hydrogen-bond donors (Lipinski definition) is 2. The Morgan fingerprint density at radius 3 is 2.57 bits per heavy atom. The van der Waals surface area contributed by atoms with Gasteiger partial charge in [0.2, 0.25) is 0 Å². The molecular formula is C16H22N4O. The maximum atomic E-state index is 12.4. The lowest BCUT2D eigenvalue weighted by Gasteiger charge is -2.31. The summed E-state index contributed by atoms with van der Waals surface area (Å²) in [6.07, 6.45) is 4.09. The maximum Gasteiger partial charge on any atom is 0.251 e. The van der Waals surface area contributed by atoms with Gasteiger partial charge in [0.25, 0.3) is 5.91 Å². The number of nitrogens with two attached hydrogens (primary N) is 1. The number of benzene rings is 1. The lowest BCUT2D eigenvalue weighted by molar-refractivity contribution is 0.0898. The van der Waals surface area contributed by atoms with Crippen LogP contribution in [0.15, 0.2) is 30.6 Å². The van der Waals surface area contributed by atoms with Gasteiger partial charge in [-0.05, 0) is 37.5 Å². The molecule has 3 N–H and O–H groups in total. The van der Waals surface area contributed by atoms with Crippen LogP contribution in [0.5, 0.6) is 0 Å². The smallest absolute Gasteiger partial charge is 0.251 e. The molecule has 2 aromatic rings. The van der Waals surface area contributed by atoms with Crippen molar-refractivity contribution in [3.63, 3.8) is 0 Å². The molecule has 0 aliphatic carbocycles. The molecule has 0 fully saturated rings. The molecule has 0 aliphatic heterocycles. The van der Waals surface area contributed by atoms with Crippen LogP contribution in [0, 0.1) is 5.92 Å². The fourth-order valence-corrected chi connectivity index (χ4v) is 2.54. The van der Waals surface area contributed by atoms with Crippen molar-refractivity contribution in [2.45, 2.75) is 32.7 Å². The number of nitrogens with one attached hydrogen (secondary N) is 1. The van der Waals surface area contributed by atoms with E-state index in [1.54, 1.807) is 30.6 Å². The third-order valence-corrected chi connectivity index (χ3v) is 3.46. The van der Waals surface area contributed by atoms with E-state index >= 15 is 0 Å². The topological polar surface area (TPSA) is 80.9 Å². The molecule has 1 amide bonds. The van der Waals surface area contributed by atoms with Gasteiger partial charge in [-0.1, -0.05) is 13.8 Å². The first kappa shape index (κ1) is 15.4. The van der Waals surface area contributed by atoms with E-state index in [9.17, 15) is 4.79 Å². The summed E-state index contributed by atoms with van der Waals surface area (Å²) in [5, 5.41) is 3.04. The van der Waals surface area contributed by atoms with Crippen molar-refractivity contribution in [3.05, 3.63) is 36.2 Å². The molecule has 1 unspecified atom stereocenters. The Balaban J connectivity index is 2.21. The second kappa shape index (κ2) is 6.18. The molecule has 2 rings (SSSR count). The monoisotopic (exact) mass is 286 g/mol. The first-order valence-corrected chi connectivity index (χ1v) is 7.17. The molecule has 1 atom stereocenters. The lowest BCUT2D eigenvalue weighted by atomic mass is 9.90. The number of hydrogen-bond acceptors (Lipinski definition) is 4. The van der Waals surface area contributed by atoms with Crippen LogP contribution in [0.25, 0.3) is 11.0 Å². The predicted octanol–water partition coefficient (Wildman–Crippen LogP) is 2.12. The van der Waals surface area contributed by atoms with Crippen molar-refractivity contribution in [2.24, 2.45) is 11.7 Å². The van der Waals surface area contributed by atoms with Crippen molar-refractivity contribution < 1.29 is 4.79 Å². The second-order valence-corrected chi connectivity index (χ2v) is 6.08. The molecule has 0 saturated heterocycles. The fourth-order valence-electron chi connectivity index (χ4n) is 2.54. The van der Waals surface area contributed by atoms with E-state index < -0.39 is 5.54 Å². The first-order chi connectivity index (χ1) is 9.93. The lowest BCUT2D eigenvalue weighted by Crippen LogP contribution is -2.52. The number of nitrogens with zero attached hydrogens (tertiary/aromatic N) is 2. The van der Waals surface area contributed by atoms with Gasteiger partial charge in [0, 0.05) is 30.0 Å². The summed E-state index contributed by atoms with van der Waals surface area (Å²) in [4.78, 5) is 20.8. The van der Waals surface area contributed by atoms with Crippen LogP contribution in [-0.4, -0.2) is 28.0 Å². The van der Waals surface area contributed by atoms with Crippen LogP contribution in [0.3, 0.4) is 0 Å². The molecule has 5 heteroatoms. The zero-order valence-corrected chi connectivity index (χ0v) is 12.8. The molecule has 1 heterocycles. The summed E-state index contributed by atoms with van der Waals surface area (Å²) in [5.74, 6) is 0.331. The fraction of sp³-hybridized carbons (Fsp3) is 0.438. The predicted molar refractivity (Wildman–Crippen MR) is 83.9 cm³/mol. The highest BCUT2D eigenvalue weighted by Gasteiger charge is 2.26. The molecule has 21 heavy (non-hydrogen) atoms. The van der Waals surface area contributed by atoms with Crippen LogP contribution < -0.4 is 11.1 Å². The van der Waals surface area contributed by atoms with E-state index in [0.717, 1.165) is 11.9 Å². The molecule has 0 spiro atoms. The average molecular weight is 286 g/mol. The number of fused-ring (bicyclic) bond motifs is 1. The molecule has 0 saturated carbocycles. The maximum absolute atomic E-state index is 12.4. The van der Waals surface area contributed by atoms with E-state index in [4.69, 9.17) is 5.73 Å². The molecule has 0 aliphatic rings. The van der Waals surface area contributed by atoms with Gasteiger partial charge in [0.05, 0.1) is 11.0 Å². The van der Waals surface area contributed by atoms with Gasteiger partial charge in [-0.15, -0.1) is 0 Å². The van der Waals surface area contributed by atoms with Gasteiger partial charge in [0.1, 0.15) is 0 Å². The Morgan fingerprint density at radius 2 is 1.95 bits per heavy atom. The zero-order chi connectivity index (χ0) is 15.5. The summed E-state index contributed by atoms with van der Waals surface area (Å²) in [5.41, 5.74) is 7.50. The van der Waals surface area contributed by atoms with Crippen LogP contribution in [0.4, 0.5) is 0 Å². The minimum absolute atomic E-state index is 0.129. The second-order valence-electron chi connectivity index (χ2n) is 6.08. The Labute approximate surface area is 125 Å². The van der Waals surface area contributed by atoms with Gasteiger partial charge in [-0.25, -0.2) is 0 Å². The van der Waals surface area contributed by atoms with Crippen molar-refractivity contribution in [1.29, 1.82) is 0 Å². The molecule has 1 aromatic heterocycles. The van der Waals surface area contributed by atoms with Crippen molar-refractivity contribution in [2.75, 3.05) is 6.54 Å². The number of aromatic nitrogens is 2. The number of amides is 1. The highest BCUT2D eigenvalue weighted by molar-refractivity contribution is 5.97.